The second kappa shape index (κ2) is 8.09. The zero-order valence-corrected chi connectivity index (χ0v) is 14.6. The molecule has 25 heavy (non-hydrogen) atoms. The summed E-state index contributed by atoms with van der Waals surface area (Å²) >= 11 is 0. The largest absolute Gasteiger partial charge is 0.383 e. The molecule has 6 nitrogen and oxygen atoms in total. The molecule has 0 aliphatic rings. The number of halogens is 1. The molecule has 134 valence electrons. The Morgan fingerprint density at radius 2 is 1.72 bits per heavy atom. The van der Waals surface area contributed by atoms with Crippen molar-refractivity contribution in [1.82, 2.24) is 5.32 Å². The zero-order chi connectivity index (χ0) is 18.4. The van der Waals surface area contributed by atoms with Crippen molar-refractivity contribution in [2.45, 2.75) is 17.9 Å². The number of ether oxygens (including phenoxy) is 1. The molecule has 0 bridgehead atoms. The van der Waals surface area contributed by atoms with Crippen LogP contribution in [0.5, 0.6) is 0 Å². The molecule has 0 aliphatic carbocycles. The van der Waals surface area contributed by atoms with Gasteiger partial charge in [0.2, 0.25) is 0 Å². The Morgan fingerprint density at radius 3 is 2.28 bits per heavy atom. The van der Waals surface area contributed by atoms with E-state index in [4.69, 9.17) is 4.74 Å². The lowest BCUT2D eigenvalue weighted by Crippen LogP contribution is -2.35. The Balaban J connectivity index is 2.10. The van der Waals surface area contributed by atoms with Crippen LogP contribution in [0.1, 0.15) is 17.3 Å². The van der Waals surface area contributed by atoms with E-state index >= 15 is 0 Å². The molecule has 0 aromatic heterocycles. The molecule has 2 rings (SSSR count). The van der Waals surface area contributed by atoms with Crippen molar-refractivity contribution < 1.29 is 22.3 Å². The molecule has 0 aliphatic heterocycles. The van der Waals surface area contributed by atoms with E-state index in [0.717, 1.165) is 12.1 Å². The maximum atomic E-state index is 12.9. The van der Waals surface area contributed by atoms with Gasteiger partial charge in [0.1, 0.15) is 5.82 Å². The van der Waals surface area contributed by atoms with E-state index in [1.807, 2.05) is 0 Å². The van der Waals surface area contributed by atoms with Gasteiger partial charge in [0.05, 0.1) is 11.5 Å². The Kier molecular flexibility index (Phi) is 6.11. The number of nitrogens with one attached hydrogen (secondary N) is 2. The number of benzene rings is 2. The molecular formula is C17H19FN2O4S. The number of methoxy groups -OCH3 is 1. The number of hydrogen-bond donors (Lipinski definition) is 2. The van der Waals surface area contributed by atoms with Crippen LogP contribution < -0.4 is 10.0 Å². The third-order valence-electron chi connectivity index (χ3n) is 3.32. The molecule has 1 amide bonds. The summed E-state index contributed by atoms with van der Waals surface area (Å²) < 4.78 is 44.8. The number of sulfonamides is 1. The fourth-order valence-corrected chi connectivity index (χ4v) is 3.17. The minimum atomic E-state index is -3.82. The summed E-state index contributed by atoms with van der Waals surface area (Å²) in [6.07, 6.45) is 0. The van der Waals surface area contributed by atoms with Crippen molar-refractivity contribution in [3.63, 3.8) is 0 Å². The average Bonchev–Trinajstić information content (AvgIpc) is 2.57. The number of carbonyl (C=O) groups excluding carboxylic acids is 1. The first-order valence-electron chi connectivity index (χ1n) is 7.50. The number of anilines is 1. The van der Waals surface area contributed by atoms with Gasteiger partial charge in [-0.25, -0.2) is 12.8 Å². The van der Waals surface area contributed by atoms with Crippen LogP contribution in [-0.2, 0) is 14.8 Å². The van der Waals surface area contributed by atoms with Crippen LogP contribution in [0.4, 0.5) is 10.1 Å². The predicted octanol–water partition coefficient (Wildman–Crippen LogP) is 2.39. The summed E-state index contributed by atoms with van der Waals surface area (Å²) in [4.78, 5) is 12.0. The summed E-state index contributed by atoms with van der Waals surface area (Å²) in [6, 6.07) is 10.3. The molecule has 0 saturated heterocycles. The SMILES string of the molecule is COCC(C)NC(=O)c1ccc(S(=O)(=O)Nc2ccc(F)cc2)cc1. The van der Waals surface area contributed by atoms with Gasteiger partial charge in [0.15, 0.2) is 0 Å². The van der Waals surface area contributed by atoms with Gasteiger partial charge in [-0.3, -0.25) is 9.52 Å². The van der Waals surface area contributed by atoms with Gasteiger partial charge in [0.25, 0.3) is 15.9 Å². The molecule has 0 spiro atoms. The third-order valence-corrected chi connectivity index (χ3v) is 4.71. The van der Waals surface area contributed by atoms with E-state index in [0.29, 0.717) is 12.2 Å². The molecule has 0 radical (unpaired) electrons. The van der Waals surface area contributed by atoms with E-state index in [9.17, 15) is 17.6 Å². The molecule has 2 N–H and O–H groups in total. The lowest BCUT2D eigenvalue weighted by atomic mass is 10.2. The number of hydrogen-bond acceptors (Lipinski definition) is 4. The number of amides is 1. The highest BCUT2D eigenvalue weighted by molar-refractivity contribution is 7.92. The second-order valence-corrected chi connectivity index (χ2v) is 7.15. The summed E-state index contributed by atoms with van der Waals surface area (Å²) in [5.41, 5.74) is 0.584. The van der Waals surface area contributed by atoms with Crippen molar-refractivity contribution >= 4 is 21.6 Å². The lowest BCUT2D eigenvalue weighted by molar-refractivity contribution is 0.0905. The molecule has 0 fully saturated rings. The monoisotopic (exact) mass is 366 g/mol. The van der Waals surface area contributed by atoms with E-state index < -0.39 is 15.8 Å². The van der Waals surface area contributed by atoms with Crippen LogP contribution in [0.25, 0.3) is 0 Å². The fourth-order valence-electron chi connectivity index (χ4n) is 2.12. The highest BCUT2D eigenvalue weighted by atomic mass is 32.2. The molecule has 0 heterocycles. The van der Waals surface area contributed by atoms with Gasteiger partial charge < -0.3 is 10.1 Å². The van der Waals surface area contributed by atoms with Gasteiger partial charge in [-0.1, -0.05) is 0 Å². The number of rotatable bonds is 7. The highest BCUT2D eigenvalue weighted by Crippen LogP contribution is 2.17. The second-order valence-electron chi connectivity index (χ2n) is 5.47. The van der Waals surface area contributed by atoms with Crippen molar-refractivity contribution in [3.8, 4) is 0 Å². The van der Waals surface area contributed by atoms with Crippen LogP contribution in [0.15, 0.2) is 53.4 Å². The average molecular weight is 366 g/mol. The van der Waals surface area contributed by atoms with Crippen LogP contribution >= 0.6 is 0 Å². The van der Waals surface area contributed by atoms with Gasteiger partial charge in [-0.2, -0.15) is 0 Å². The Labute approximate surface area is 146 Å². The minimum absolute atomic E-state index is 0.00156. The summed E-state index contributed by atoms with van der Waals surface area (Å²) in [7, 11) is -2.29. The first-order valence-corrected chi connectivity index (χ1v) is 8.98. The minimum Gasteiger partial charge on any atom is -0.383 e. The molecule has 2 aromatic rings. The van der Waals surface area contributed by atoms with E-state index in [-0.39, 0.29) is 22.5 Å². The summed E-state index contributed by atoms with van der Waals surface area (Å²) in [5.74, 6) is -0.777. The van der Waals surface area contributed by atoms with Crippen molar-refractivity contribution in [2.24, 2.45) is 0 Å². The fraction of sp³-hybridized carbons (Fsp3) is 0.235. The summed E-state index contributed by atoms with van der Waals surface area (Å²) in [6.45, 7) is 2.17. The van der Waals surface area contributed by atoms with E-state index in [1.165, 1.54) is 43.5 Å². The first-order chi connectivity index (χ1) is 11.8. The quantitative estimate of drug-likeness (QED) is 0.788. The van der Waals surface area contributed by atoms with Crippen molar-refractivity contribution in [2.75, 3.05) is 18.4 Å². The zero-order valence-electron chi connectivity index (χ0n) is 13.8. The van der Waals surface area contributed by atoms with Gasteiger partial charge in [-0.05, 0) is 55.5 Å². The van der Waals surface area contributed by atoms with Crippen molar-refractivity contribution in [3.05, 3.63) is 59.9 Å². The first kappa shape index (κ1) is 18.9. The van der Waals surface area contributed by atoms with Crippen LogP contribution in [0.2, 0.25) is 0 Å². The summed E-state index contributed by atoms with van der Waals surface area (Å²) in [5, 5.41) is 2.74. The van der Waals surface area contributed by atoms with Gasteiger partial charge >= 0.3 is 0 Å². The third kappa shape index (κ3) is 5.27. The molecule has 2 aromatic carbocycles. The number of carbonyl (C=O) groups is 1. The molecular weight excluding hydrogens is 347 g/mol. The Hall–Kier alpha value is -2.45. The van der Waals surface area contributed by atoms with Crippen LogP contribution in [0, 0.1) is 5.82 Å². The topological polar surface area (TPSA) is 84.5 Å². The van der Waals surface area contributed by atoms with Crippen LogP contribution in [0.3, 0.4) is 0 Å². The standard InChI is InChI=1S/C17H19FN2O4S/c1-12(11-24-2)19-17(21)13-3-9-16(10-4-13)25(22,23)20-15-7-5-14(18)6-8-15/h3-10,12,20H,11H2,1-2H3,(H,19,21). The molecule has 0 saturated carbocycles. The Bertz CT molecular complexity index is 821. The van der Waals surface area contributed by atoms with Gasteiger partial charge in [-0.15, -0.1) is 0 Å². The highest BCUT2D eigenvalue weighted by Gasteiger charge is 2.16. The van der Waals surface area contributed by atoms with Crippen molar-refractivity contribution in [1.29, 1.82) is 0 Å². The maximum Gasteiger partial charge on any atom is 0.261 e. The van der Waals surface area contributed by atoms with E-state index in [1.54, 1.807) is 6.92 Å². The van der Waals surface area contributed by atoms with Crippen LogP contribution in [-0.4, -0.2) is 34.1 Å². The molecule has 8 heteroatoms. The smallest absolute Gasteiger partial charge is 0.261 e. The lowest BCUT2D eigenvalue weighted by Gasteiger charge is -2.13. The predicted molar refractivity (Wildman–Crippen MR) is 92.5 cm³/mol. The maximum absolute atomic E-state index is 12.9. The normalized spacial score (nSPS) is 12.4. The van der Waals surface area contributed by atoms with Gasteiger partial charge in [0, 0.05) is 24.4 Å². The van der Waals surface area contributed by atoms with E-state index in [2.05, 4.69) is 10.0 Å². The Morgan fingerprint density at radius 1 is 1.12 bits per heavy atom. The molecule has 1 unspecified atom stereocenters. The molecule has 1 atom stereocenters.